The SMILES string of the molecule is C=CC(=O)Nc1ccc(C(=O)N2CC(C)OC(C)(C)C2)cc1. The van der Waals surface area contributed by atoms with Crippen molar-refractivity contribution >= 4 is 17.5 Å². The number of amides is 2. The summed E-state index contributed by atoms with van der Waals surface area (Å²) in [6.07, 6.45) is 1.22. The summed E-state index contributed by atoms with van der Waals surface area (Å²) < 4.78 is 5.81. The predicted octanol–water partition coefficient (Wildman–Crippen LogP) is 2.45. The number of carbonyl (C=O) groups is 2. The van der Waals surface area contributed by atoms with Crippen molar-refractivity contribution in [1.82, 2.24) is 4.90 Å². The van der Waals surface area contributed by atoms with Crippen molar-refractivity contribution in [2.45, 2.75) is 32.5 Å². The molecule has 1 aromatic carbocycles. The molecule has 1 atom stereocenters. The molecule has 0 bridgehead atoms. The van der Waals surface area contributed by atoms with Gasteiger partial charge < -0.3 is 15.0 Å². The fourth-order valence-corrected chi connectivity index (χ4v) is 2.68. The monoisotopic (exact) mass is 302 g/mol. The van der Waals surface area contributed by atoms with Crippen LogP contribution in [0.5, 0.6) is 0 Å². The van der Waals surface area contributed by atoms with Gasteiger partial charge in [-0.3, -0.25) is 9.59 Å². The molecule has 1 aliphatic heterocycles. The Balaban J connectivity index is 2.09. The normalized spacial score (nSPS) is 20.3. The largest absolute Gasteiger partial charge is 0.369 e. The average Bonchev–Trinajstić information content (AvgIpc) is 2.45. The van der Waals surface area contributed by atoms with Crippen LogP contribution in [0, 0.1) is 0 Å². The average molecular weight is 302 g/mol. The fourth-order valence-electron chi connectivity index (χ4n) is 2.68. The van der Waals surface area contributed by atoms with Crippen LogP contribution in [0.3, 0.4) is 0 Å². The van der Waals surface area contributed by atoms with E-state index in [1.165, 1.54) is 6.08 Å². The van der Waals surface area contributed by atoms with E-state index in [0.29, 0.717) is 24.3 Å². The van der Waals surface area contributed by atoms with Crippen LogP contribution < -0.4 is 5.32 Å². The van der Waals surface area contributed by atoms with Gasteiger partial charge in [0.25, 0.3) is 5.91 Å². The minimum Gasteiger partial charge on any atom is -0.369 e. The van der Waals surface area contributed by atoms with Gasteiger partial charge in [0.1, 0.15) is 0 Å². The van der Waals surface area contributed by atoms with Gasteiger partial charge in [-0.05, 0) is 51.1 Å². The summed E-state index contributed by atoms with van der Waals surface area (Å²) in [5.41, 5.74) is 0.893. The number of hydrogen-bond acceptors (Lipinski definition) is 3. The number of carbonyl (C=O) groups excluding carboxylic acids is 2. The number of ether oxygens (including phenoxy) is 1. The van der Waals surface area contributed by atoms with E-state index < -0.39 is 0 Å². The zero-order chi connectivity index (χ0) is 16.3. The van der Waals surface area contributed by atoms with E-state index in [1.54, 1.807) is 24.3 Å². The number of nitrogens with zero attached hydrogens (tertiary/aromatic N) is 1. The molecule has 5 nitrogen and oxygen atoms in total. The first-order chi connectivity index (χ1) is 10.3. The van der Waals surface area contributed by atoms with Crippen molar-refractivity contribution in [3.8, 4) is 0 Å². The van der Waals surface area contributed by atoms with Crippen LogP contribution in [-0.2, 0) is 9.53 Å². The maximum atomic E-state index is 12.6. The number of morpholine rings is 1. The molecular weight excluding hydrogens is 280 g/mol. The Labute approximate surface area is 130 Å². The van der Waals surface area contributed by atoms with E-state index in [2.05, 4.69) is 11.9 Å². The molecule has 0 radical (unpaired) electrons. The second-order valence-electron chi connectivity index (χ2n) is 6.14. The second kappa shape index (κ2) is 6.32. The summed E-state index contributed by atoms with van der Waals surface area (Å²) in [6, 6.07) is 6.86. The van der Waals surface area contributed by atoms with Crippen molar-refractivity contribution in [3.63, 3.8) is 0 Å². The molecule has 0 aromatic heterocycles. The van der Waals surface area contributed by atoms with Crippen LogP contribution in [0.25, 0.3) is 0 Å². The van der Waals surface area contributed by atoms with Crippen LogP contribution in [0.4, 0.5) is 5.69 Å². The highest BCUT2D eigenvalue weighted by atomic mass is 16.5. The van der Waals surface area contributed by atoms with E-state index >= 15 is 0 Å². The second-order valence-corrected chi connectivity index (χ2v) is 6.14. The maximum absolute atomic E-state index is 12.6. The molecule has 2 amide bonds. The van der Waals surface area contributed by atoms with Gasteiger partial charge >= 0.3 is 0 Å². The molecule has 0 saturated carbocycles. The Morgan fingerprint density at radius 3 is 2.55 bits per heavy atom. The number of hydrogen-bond donors (Lipinski definition) is 1. The number of benzene rings is 1. The number of nitrogens with one attached hydrogen (secondary N) is 1. The topological polar surface area (TPSA) is 58.6 Å². The van der Waals surface area contributed by atoms with Crippen LogP contribution in [0.2, 0.25) is 0 Å². The summed E-state index contributed by atoms with van der Waals surface area (Å²) >= 11 is 0. The summed E-state index contributed by atoms with van der Waals surface area (Å²) in [6.45, 7) is 10.5. The van der Waals surface area contributed by atoms with Crippen LogP contribution in [-0.4, -0.2) is 41.5 Å². The lowest BCUT2D eigenvalue weighted by Gasteiger charge is -2.41. The summed E-state index contributed by atoms with van der Waals surface area (Å²) in [5, 5.41) is 2.66. The van der Waals surface area contributed by atoms with Crippen molar-refractivity contribution in [2.75, 3.05) is 18.4 Å². The van der Waals surface area contributed by atoms with Crippen LogP contribution in [0.15, 0.2) is 36.9 Å². The number of anilines is 1. The summed E-state index contributed by atoms with van der Waals surface area (Å²) in [5.74, 6) is -0.298. The lowest BCUT2D eigenvalue weighted by atomic mass is 10.0. The summed E-state index contributed by atoms with van der Waals surface area (Å²) in [4.78, 5) is 25.6. The van der Waals surface area contributed by atoms with Crippen LogP contribution >= 0.6 is 0 Å². The fraction of sp³-hybridized carbons (Fsp3) is 0.412. The highest BCUT2D eigenvalue weighted by Gasteiger charge is 2.33. The van der Waals surface area contributed by atoms with Gasteiger partial charge in [-0.15, -0.1) is 0 Å². The Morgan fingerprint density at radius 1 is 1.36 bits per heavy atom. The Bertz CT molecular complexity index is 578. The third-order valence-corrected chi connectivity index (χ3v) is 3.44. The third-order valence-electron chi connectivity index (χ3n) is 3.44. The minimum atomic E-state index is -0.342. The molecule has 1 saturated heterocycles. The van der Waals surface area contributed by atoms with Crippen LogP contribution in [0.1, 0.15) is 31.1 Å². The standard InChI is InChI=1S/C17H22N2O3/c1-5-15(20)18-14-8-6-13(7-9-14)16(21)19-10-12(2)22-17(3,4)11-19/h5-9,12H,1,10-11H2,2-4H3,(H,18,20). The Kier molecular flexibility index (Phi) is 4.66. The summed E-state index contributed by atoms with van der Waals surface area (Å²) in [7, 11) is 0. The highest BCUT2D eigenvalue weighted by Crippen LogP contribution is 2.22. The first-order valence-corrected chi connectivity index (χ1v) is 7.31. The van der Waals surface area contributed by atoms with Gasteiger partial charge in [0, 0.05) is 24.3 Å². The molecule has 2 rings (SSSR count). The smallest absolute Gasteiger partial charge is 0.254 e. The number of rotatable bonds is 3. The molecule has 5 heteroatoms. The van der Waals surface area contributed by atoms with Gasteiger partial charge in [0.05, 0.1) is 11.7 Å². The molecule has 0 aliphatic carbocycles. The maximum Gasteiger partial charge on any atom is 0.254 e. The van der Waals surface area contributed by atoms with Crippen molar-refractivity contribution < 1.29 is 14.3 Å². The first-order valence-electron chi connectivity index (χ1n) is 7.31. The highest BCUT2D eigenvalue weighted by molar-refractivity contribution is 5.99. The van der Waals surface area contributed by atoms with E-state index in [9.17, 15) is 9.59 Å². The van der Waals surface area contributed by atoms with E-state index in [-0.39, 0.29) is 23.5 Å². The van der Waals surface area contributed by atoms with Crippen molar-refractivity contribution in [2.24, 2.45) is 0 Å². The predicted molar refractivity (Wildman–Crippen MR) is 85.8 cm³/mol. The van der Waals surface area contributed by atoms with Gasteiger partial charge in [-0.2, -0.15) is 0 Å². The molecule has 1 aliphatic rings. The molecule has 1 heterocycles. The minimum absolute atomic E-state index is 0.0128. The lowest BCUT2D eigenvalue weighted by molar-refractivity contribution is -0.118. The molecular formula is C17H22N2O3. The van der Waals surface area contributed by atoms with Crippen molar-refractivity contribution in [1.29, 1.82) is 0 Å². The quantitative estimate of drug-likeness (QED) is 0.873. The van der Waals surface area contributed by atoms with Gasteiger partial charge in [-0.1, -0.05) is 6.58 Å². The first kappa shape index (κ1) is 16.2. The van der Waals surface area contributed by atoms with Gasteiger partial charge in [0.2, 0.25) is 5.91 Å². The van der Waals surface area contributed by atoms with Crippen molar-refractivity contribution in [3.05, 3.63) is 42.5 Å². The van der Waals surface area contributed by atoms with Gasteiger partial charge in [0.15, 0.2) is 0 Å². The molecule has 118 valence electrons. The Morgan fingerprint density at radius 2 is 2.00 bits per heavy atom. The molecule has 1 fully saturated rings. The third kappa shape index (κ3) is 3.95. The zero-order valence-electron chi connectivity index (χ0n) is 13.3. The molecule has 1 N–H and O–H groups in total. The molecule has 0 spiro atoms. The lowest BCUT2D eigenvalue weighted by Crippen LogP contribution is -2.53. The Hall–Kier alpha value is -2.14. The molecule has 1 aromatic rings. The van der Waals surface area contributed by atoms with Gasteiger partial charge in [-0.25, -0.2) is 0 Å². The van der Waals surface area contributed by atoms with E-state index in [1.807, 2.05) is 25.7 Å². The van der Waals surface area contributed by atoms with E-state index in [4.69, 9.17) is 4.74 Å². The molecule has 1 unspecified atom stereocenters. The zero-order valence-corrected chi connectivity index (χ0v) is 13.3. The molecule has 22 heavy (non-hydrogen) atoms. The van der Waals surface area contributed by atoms with E-state index in [0.717, 1.165) is 0 Å².